The van der Waals surface area contributed by atoms with E-state index < -0.39 is 114 Å². The number of nitrogens with one attached hydrogen (secondary N) is 7. The van der Waals surface area contributed by atoms with Gasteiger partial charge in [0.2, 0.25) is 47.3 Å². The average molecular weight is 900 g/mol. The van der Waals surface area contributed by atoms with Gasteiger partial charge in [-0.2, -0.15) is 11.8 Å². The van der Waals surface area contributed by atoms with Gasteiger partial charge in [0.05, 0.1) is 24.6 Å². The van der Waals surface area contributed by atoms with Crippen LogP contribution in [-0.4, -0.2) is 130 Å². The Morgan fingerprint density at radius 1 is 0.635 bits per heavy atom. The molecule has 9 atom stereocenters. The van der Waals surface area contributed by atoms with Gasteiger partial charge in [-0.25, -0.2) is 0 Å². The fourth-order valence-electron chi connectivity index (χ4n) is 5.93. The van der Waals surface area contributed by atoms with Crippen molar-refractivity contribution < 1.29 is 53.4 Å². The lowest BCUT2D eigenvalue weighted by atomic mass is 10.00. The van der Waals surface area contributed by atoms with Crippen molar-refractivity contribution in [2.45, 2.75) is 115 Å². The molecular weight excluding hydrogens is 839 g/mol. The number of aliphatic hydroxyl groups is 1. The highest BCUT2D eigenvalue weighted by atomic mass is 32.2. The number of hydrogen-bond donors (Lipinski definition) is 11. The molecule has 2 aromatic rings. The van der Waals surface area contributed by atoms with Crippen molar-refractivity contribution in [2.24, 2.45) is 17.4 Å². The number of benzene rings is 2. The van der Waals surface area contributed by atoms with Crippen molar-refractivity contribution in [3.05, 3.63) is 65.7 Å². The molecule has 346 valence electrons. The zero-order valence-corrected chi connectivity index (χ0v) is 37.0. The lowest BCUT2D eigenvalue weighted by molar-refractivity contribution is -0.136. The Bertz CT molecular complexity index is 1880. The van der Waals surface area contributed by atoms with Gasteiger partial charge in [0.1, 0.15) is 48.3 Å². The highest BCUT2D eigenvalue weighted by molar-refractivity contribution is 7.98. The summed E-state index contributed by atoms with van der Waals surface area (Å²) in [5.41, 5.74) is 12.2. The van der Waals surface area contributed by atoms with Crippen molar-refractivity contribution in [1.29, 1.82) is 0 Å². The van der Waals surface area contributed by atoms with E-state index >= 15 is 0 Å². The number of hydrogen-bond acceptors (Lipinski definition) is 13. The molecule has 0 aliphatic carbocycles. The molecule has 13 N–H and O–H groups in total. The third-order valence-electron chi connectivity index (χ3n) is 9.56. The number of carbonyl (C=O) groups excluding carboxylic acids is 9. The maximum absolute atomic E-state index is 14.0. The van der Waals surface area contributed by atoms with Gasteiger partial charge in [-0.15, -0.1) is 0 Å². The van der Waals surface area contributed by atoms with Gasteiger partial charge < -0.3 is 63.7 Å². The summed E-state index contributed by atoms with van der Waals surface area (Å²) >= 11 is 1.46. The fourth-order valence-corrected chi connectivity index (χ4v) is 6.42. The number of phenols is 1. The minimum absolute atomic E-state index is 0.0674. The highest BCUT2D eigenvalue weighted by Gasteiger charge is 2.35. The summed E-state index contributed by atoms with van der Waals surface area (Å²) in [4.78, 5) is 118. The Labute approximate surface area is 370 Å². The van der Waals surface area contributed by atoms with Crippen molar-refractivity contribution in [3.63, 3.8) is 0 Å². The number of primary amides is 1. The summed E-state index contributed by atoms with van der Waals surface area (Å²) in [6.45, 7) is 7.30. The predicted molar refractivity (Wildman–Crippen MR) is 234 cm³/mol. The smallest absolute Gasteiger partial charge is 0.245 e. The molecule has 0 bridgehead atoms. The first-order chi connectivity index (χ1) is 29.7. The van der Waals surface area contributed by atoms with Crippen LogP contribution in [0.4, 0.5) is 0 Å². The standard InChI is InChI=1S/C42H61N9O11S/c1-22(2)34(50-36(56)23(3)43)41(61)49-31(19-27-12-14-29(54)15-13-27)39(59)48-32(20-33(44)55)40(60)47-30(18-26-10-8-7-9-11-26)38(58)45-24(4)37(57)51-35(25(5)53)42(62)46-28(21-52)16-17-63-6/h7-15,21-25,28,30-32,34-35,53-54H,16-20,43H2,1-6H3,(H2,44,55)(H,45,58)(H,46,62)(H,47,60)(H,48,59)(H,49,61)(H,50,56)(H,51,57)/t23-,24-,25+,28-,30-,31-,32-,34-,35-/m0/s1. The molecule has 0 fully saturated rings. The molecule has 0 unspecified atom stereocenters. The first-order valence-corrected chi connectivity index (χ1v) is 21.7. The topological polar surface area (TPSA) is 330 Å². The van der Waals surface area contributed by atoms with E-state index in [4.69, 9.17) is 11.5 Å². The fraction of sp³-hybridized carbons (Fsp3) is 0.500. The number of rotatable bonds is 26. The van der Waals surface area contributed by atoms with E-state index in [1.807, 2.05) is 6.26 Å². The van der Waals surface area contributed by atoms with Crippen molar-refractivity contribution >= 4 is 65.3 Å². The van der Waals surface area contributed by atoms with Gasteiger partial charge in [0, 0.05) is 12.8 Å². The minimum atomic E-state index is -1.70. The maximum atomic E-state index is 14.0. The van der Waals surface area contributed by atoms with Gasteiger partial charge in [-0.05, 0) is 68.4 Å². The summed E-state index contributed by atoms with van der Waals surface area (Å²) < 4.78 is 0. The lowest BCUT2D eigenvalue weighted by Crippen LogP contribution is -2.61. The molecule has 0 saturated heterocycles. The molecule has 2 aromatic carbocycles. The van der Waals surface area contributed by atoms with Gasteiger partial charge in [-0.1, -0.05) is 56.3 Å². The number of thioether (sulfide) groups is 1. The number of aliphatic hydroxyl groups excluding tert-OH is 1. The van der Waals surface area contributed by atoms with Crippen LogP contribution < -0.4 is 48.7 Å². The van der Waals surface area contributed by atoms with Gasteiger partial charge >= 0.3 is 0 Å². The summed E-state index contributed by atoms with van der Waals surface area (Å²) in [6.07, 6.45) is 0.205. The second-order valence-electron chi connectivity index (χ2n) is 15.4. The number of aldehydes is 1. The van der Waals surface area contributed by atoms with Crippen LogP contribution in [0.25, 0.3) is 0 Å². The Morgan fingerprint density at radius 3 is 1.63 bits per heavy atom. The summed E-state index contributed by atoms with van der Waals surface area (Å²) in [7, 11) is 0. The number of carbonyl (C=O) groups is 9. The molecule has 8 amide bonds. The van der Waals surface area contributed by atoms with E-state index in [0.717, 1.165) is 0 Å². The van der Waals surface area contributed by atoms with Crippen LogP contribution in [0, 0.1) is 5.92 Å². The molecule has 63 heavy (non-hydrogen) atoms. The van der Waals surface area contributed by atoms with E-state index in [9.17, 15) is 53.4 Å². The monoisotopic (exact) mass is 899 g/mol. The quantitative estimate of drug-likeness (QED) is 0.0448. The molecule has 0 saturated carbocycles. The number of phenolic OH excluding ortho intramolecular Hbond substituents is 1. The molecule has 0 aliphatic heterocycles. The first kappa shape index (κ1) is 53.1. The SMILES string of the molecule is CSCC[C@@H](C=O)NC(=O)[C@@H](NC(=O)[C@H](C)NC(=O)[C@H](Cc1ccccc1)NC(=O)[C@H](CC(N)=O)NC(=O)[C@H](Cc1ccc(O)cc1)NC(=O)[C@@H](NC(=O)[C@H](C)N)C(C)C)[C@@H](C)O. The van der Waals surface area contributed by atoms with Crippen LogP contribution in [0.15, 0.2) is 54.6 Å². The van der Waals surface area contributed by atoms with E-state index in [-0.39, 0.29) is 18.6 Å². The van der Waals surface area contributed by atoms with Crippen LogP contribution >= 0.6 is 11.8 Å². The molecule has 20 nitrogen and oxygen atoms in total. The second-order valence-corrected chi connectivity index (χ2v) is 16.4. The zero-order valence-electron chi connectivity index (χ0n) is 36.2. The zero-order chi connectivity index (χ0) is 47.4. The molecule has 0 spiro atoms. The van der Waals surface area contributed by atoms with Crippen LogP contribution in [0.5, 0.6) is 5.75 Å². The van der Waals surface area contributed by atoms with Gasteiger partial charge in [0.15, 0.2) is 0 Å². The van der Waals surface area contributed by atoms with Crippen molar-refractivity contribution in [2.75, 3.05) is 12.0 Å². The largest absolute Gasteiger partial charge is 0.508 e. The van der Waals surface area contributed by atoms with Crippen LogP contribution in [-0.2, 0) is 56.0 Å². The van der Waals surface area contributed by atoms with Gasteiger partial charge in [-0.3, -0.25) is 38.4 Å². The second kappa shape index (κ2) is 26.4. The molecule has 2 rings (SSSR count). The summed E-state index contributed by atoms with van der Waals surface area (Å²) in [5.74, 6) is -6.96. The summed E-state index contributed by atoms with van der Waals surface area (Å²) in [6, 6.07) is 3.78. The average Bonchev–Trinajstić information content (AvgIpc) is 3.22. The maximum Gasteiger partial charge on any atom is 0.245 e. The van der Waals surface area contributed by atoms with Crippen molar-refractivity contribution in [3.8, 4) is 5.75 Å². The molecule has 0 heterocycles. The van der Waals surface area contributed by atoms with Crippen LogP contribution in [0.1, 0.15) is 58.6 Å². The van der Waals surface area contributed by atoms with Crippen LogP contribution in [0.2, 0.25) is 0 Å². The predicted octanol–water partition coefficient (Wildman–Crippen LogP) is -2.20. The van der Waals surface area contributed by atoms with E-state index in [1.165, 1.54) is 56.8 Å². The third kappa shape index (κ3) is 18.4. The van der Waals surface area contributed by atoms with Crippen LogP contribution in [0.3, 0.4) is 0 Å². The molecule has 0 radical (unpaired) electrons. The molecule has 0 aliphatic rings. The first-order valence-electron chi connectivity index (χ1n) is 20.3. The molecule has 21 heteroatoms. The lowest BCUT2D eigenvalue weighted by Gasteiger charge is -2.28. The number of aromatic hydroxyl groups is 1. The molecule has 0 aromatic heterocycles. The number of nitrogens with two attached hydrogens (primary N) is 2. The third-order valence-corrected chi connectivity index (χ3v) is 10.2. The van der Waals surface area contributed by atoms with E-state index in [1.54, 1.807) is 44.2 Å². The van der Waals surface area contributed by atoms with Crippen molar-refractivity contribution in [1.82, 2.24) is 37.2 Å². The van der Waals surface area contributed by atoms with E-state index in [0.29, 0.717) is 29.6 Å². The van der Waals surface area contributed by atoms with E-state index in [2.05, 4.69) is 37.2 Å². The highest BCUT2D eigenvalue weighted by Crippen LogP contribution is 2.13. The Balaban J connectivity index is 2.39. The Hall–Kier alpha value is -6.06. The minimum Gasteiger partial charge on any atom is -0.508 e. The normalized spacial score (nSPS) is 15.3. The Kier molecular flexibility index (Phi) is 22.3. The van der Waals surface area contributed by atoms with Gasteiger partial charge in [0.25, 0.3) is 0 Å². The summed E-state index contributed by atoms with van der Waals surface area (Å²) in [5, 5.41) is 37.6. The molecular formula is C42H61N9O11S. The Morgan fingerprint density at radius 2 is 1.13 bits per heavy atom. The number of amides is 8.